The largest absolute Gasteiger partial charge is 0.390 e. The monoisotopic (exact) mass is 470 g/mol. The van der Waals surface area contributed by atoms with E-state index in [0.29, 0.717) is 37.7 Å². The van der Waals surface area contributed by atoms with E-state index in [9.17, 15) is 5.11 Å². The number of methoxy groups -OCH3 is 1. The number of nitrogens with zero attached hydrogens (tertiary/aromatic N) is 5. The van der Waals surface area contributed by atoms with E-state index in [2.05, 4.69) is 58.0 Å². The molecule has 9 nitrogen and oxygen atoms in total. The lowest BCUT2D eigenvalue weighted by Crippen LogP contribution is -2.34. The molecule has 2 fully saturated rings. The van der Waals surface area contributed by atoms with Crippen molar-refractivity contribution in [2.24, 2.45) is 9.98 Å². The number of aliphatic hydroxyl groups is 1. The topological polar surface area (TPSA) is 98.2 Å². The predicted octanol–water partition coefficient (Wildman–Crippen LogP) is 3.67. The predicted molar refractivity (Wildman–Crippen MR) is 134 cm³/mol. The molecule has 1 aliphatic heterocycles. The molecule has 2 aliphatic rings. The van der Waals surface area contributed by atoms with E-state index in [1.165, 1.54) is 5.69 Å². The maximum atomic E-state index is 10.8. The Labute approximate surface area is 201 Å². The van der Waals surface area contributed by atoms with Crippen molar-refractivity contribution in [1.82, 2.24) is 14.5 Å². The minimum atomic E-state index is -0.546. The fraction of sp³-hybridized carbons (Fsp3) is 0.640. The van der Waals surface area contributed by atoms with Gasteiger partial charge in [-0.3, -0.25) is 14.8 Å². The van der Waals surface area contributed by atoms with E-state index < -0.39 is 5.60 Å². The molecule has 0 spiro atoms. The molecule has 3 heterocycles. The third kappa shape index (κ3) is 5.11. The number of nitrogens with one attached hydrogen (secondary N) is 1. The van der Waals surface area contributed by atoms with E-state index in [4.69, 9.17) is 9.47 Å². The lowest BCUT2D eigenvalue weighted by Gasteiger charge is -2.35. The Bertz CT molecular complexity index is 1010. The standard InChI is InChI=1S/C25H38N6O3/c1-6-25(32)9-7-19(8-10-25)23-11-22(20-12-27-30(13-20)21-15-34-16-21)18(3)31(23)29-24(26-4)28-17(2)14-33-5/h11-13,17,19,21,32H,4,6-10,14-16H2,1-3,5H3,(H,28,29)/t17-,19?,25?/m0/s1. The summed E-state index contributed by atoms with van der Waals surface area (Å²) in [7, 11) is 1.66. The minimum absolute atomic E-state index is 0.0473. The lowest BCUT2D eigenvalue weighted by atomic mass is 9.76. The first-order valence-electron chi connectivity index (χ1n) is 12.2. The van der Waals surface area contributed by atoms with Crippen LogP contribution in [0.2, 0.25) is 0 Å². The molecule has 1 atom stereocenters. The van der Waals surface area contributed by atoms with Crippen LogP contribution in [0.15, 0.2) is 28.4 Å². The quantitative estimate of drug-likeness (QED) is 0.453. The molecule has 9 heteroatoms. The Hall–Kier alpha value is -2.49. The number of hydrogen-bond donors (Lipinski definition) is 2. The molecule has 1 aliphatic carbocycles. The van der Waals surface area contributed by atoms with Crippen molar-refractivity contribution < 1.29 is 14.6 Å². The van der Waals surface area contributed by atoms with Gasteiger partial charge in [0.15, 0.2) is 0 Å². The molecule has 1 saturated carbocycles. The summed E-state index contributed by atoms with van der Waals surface area (Å²) in [5, 5.41) is 15.4. The minimum Gasteiger partial charge on any atom is -0.390 e. The Morgan fingerprint density at radius 2 is 2.15 bits per heavy atom. The smallest absolute Gasteiger partial charge is 0.237 e. The second kappa shape index (κ2) is 10.4. The fourth-order valence-corrected chi connectivity index (χ4v) is 4.92. The molecule has 0 radical (unpaired) electrons. The molecular weight excluding hydrogens is 432 g/mol. The summed E-state index contributed by atoms with van der Waals surface area (Å²) in [4.78, 5) is 8.77. The molecule has 2 aromatic heterocycles. The molecule has 0 aromatic carbocycles. The highest BCUT2D eigenvalue weighted by Gasteiger charge is 2.34. The zero-order chi connectivity index (χ0) is 24.3. The third-order valence-corrected chi connectivity index (χ3v) is 7.29. The van der Waals surface area contributed by atoms with E-state index >= 15 is 0 Å². The van der Waals surface area contributed by atoms with Gasteiger partial charge in [0, 0.05) is 41.7 Å². The van der Waals surface area contributed by atoms with Gasteiger partial charge < -0.3 is 14.6 Å². The first-order valence-corrected chi connectivity index (χ1v) is 12.2. The Morgan fingerprint density at radius 1 is 1.41 bits per heavy atom. The maximum Gasteiger partial charge on any atom is 0.237 e. The highest BCUT2D eigenvalue weighted by molar-refractivity contribution is 5.91. The highest BCUT2D eigenvalue weighted by atomic mass is 16.5. The molecule has 0 unspecified atom stereocenters. The Balaban J connectivity index is 1.67. The van der Waals surface area contributed by atoms with Crippen molar-refractivity contribution in [2.45, 2.75) is 76.5 Å². The molecule has 0 bridgehead atoms. The van der Waals surface area contributed by atoms with Gasteiger partial charge in [0.1, 0.15) is 0 Å². The van der Waals surface area contributed by atoms with Crippen LogP contribution in [0.3, 0.4) is 0 Å². The second-order valence-electron chi connectivity index (χ2n) is 9.68. The molecular formula is C25H38N6O3. The lowest BCUT2D eigenvalue weighted by molar-refractivity contribution is -0.0286. The third-order valence-electron chi connectivity index (χ3n) is 7.29. The van der Waals surface area contributed by atoms with Crippen molar-refractivity contribution in [2.75, 3.05) is 32.4 Å². The van der Waals surface area contributed by atoms with Crippen molar-refractivity contribution in [1.29, 1.82) is 0 Å². The van der Waals surface area contributed by atoms with Crippen LogP contribution < -0.4 is 5.43 Å². The van der Waals surface area contributed by atoms with Crippen LogP contribution in [0.4, 0.5) is 0 Å². The van der Waals surface area contributed by atoms with E-state index in [-0.39, 0.29) is 6.04 Å². The Kier molecular flexibility index (Phi) is 7.54. The van der Waals surface area contributed by atoms with Gasteiger partial charge in [-0.05, 0) is 58.7 Å². The van der Waals surface area contributed by atoms with Crippen LogP contribution in [0.25, 0.3) is 11.1 Å². The highest BCUT2D eigenvalue weighted by Crippen LogP contribution is 2.41. The van der Waals surface area contributed by atoms with E-state index in [1.807, 2.05) is 17.8 Å². The van der Waals surface area contributed by atoms with Crippen LogP contribution in [-0.2, 0) is 9.47 Å². The van der Waals surface area contributed by atoms with Crippen molar-refractivity contribution >= 4 is 12.7 Å². The summed E-state index contributed by atoms with van der Waals surface area (Å²) >= 11 is 0. The number of rotatable bonds is 8. The van der Waals surface area contributed by atoms with Crippen molar-refractivity contribution in [3.05, 3.63) is 29.8 Å². The SMILES string of the molecule is C=NC(=N[C@@H](C)COC)Nn1c(C2CCC(O)(CC)CC2)cc(-c2cnn(C3COC3)c2)c1C. The van der Waals surface area contributed by atoms with Gasteiger partial charge in [-0.1, -0.05) is 6.92 Å². The molecule has 2 aromatic rings. The number of hydrogen-bond acceptors (Lipinski definition) is 5. The van der Waals surface area contributed by atoms with Crippen molar-refractivity contribution in [3.8, 4) is 11.1 Å². The van der Waals surface area contributed by atoms with Gasteiger partial charge in [-0.15, -0.1) is 0 Å². The van der Waals surface area contributed by atoms with Gasteiger partial charge in [-0.25, -0.2) is 9.98 Å². The van der Waals surface area contributed by atoms with Crippen LogP contribution in [0.1, 0.15) is 69.3 Å². The fourth-order valence-electron chi connectivity index (χ4n) is 4.92. The van der Waals surface area contributed by atoms with Gasteiger partial charge >= 0.3 is 0 Å². The van der Waals surface area contributed by atoms with Crippen LogP contribution in [-0.4, -0.2) is 70.8 Å². The number of guanidine groups is 1. The van der Waals surface area contributed by atoms with Crippen LogP contribution in [0.5, 0.6) is 0 Å². The van der Waals surface area contributed by atoms with E-state index in [1.54, 1.807) is 7.11 Å². The second-order valence-corrected chi connectivity index (χ2v) is 9.68. The summed E-state index contributed by atoms with van der Waals surface area (Å²) in [6.45, 7) is 11.8. The number of aliphatic imine (C=N–C) groups is 2. The number of ether oxygens (including phenoxy) is 2. The normalized spacial score (nSPS) is 24.6. The molecule has 2 N–H and O–H groups in total. The first kappa shape index (κ1) is 24.6. The maximum absolute atomic E-state index is 10.8. The van der Waals surface area contributed by atoms with E-state index in [0.717, 1.165) is 48.9 Å². The molecule has 1 saturated heterocycles. The average molecular weight is 471 g/mol. The van der Waals surface area contributed by atoms with Crippen LogP contribution in [0, 0.1) is 6.92 Å². The van der Waals surface area contributed by atoms with Crippen LogP contribution >= 0.6 is 0 Å². The molecule has 186 valence electrons. The summed E-state index contributed by atoms with van der Waals surface area (Å²) < 4.78 is 14.6. The number of aromatic nitrogens is 3. The molecule has 34 heavy (non-hydrogen) atoms. The first-order chi connectivity index (χ1) is 16.4. The zero-order valence-electron chi connectivity index (χ0n) is 20.8. The van der Waals surface area contributed by atoms with Gasteiger partial charge in [0.05, 0.1) is 43.7 Å². The van der Waals surface area contributed by atoms with Gasteiger partial charge in [0.25, 0.3) is 0 Å². The Morgan fingerprint density at radius 3 is 2.74 bits per heavy atom. The van der Waals surface area contributed by atoms with Crippen molar-refractivity contribution in [3.63, 3.8) is 0 Å². The summed E-state index contributed by atoms with van der Waals surface area (Å²) in [5.41, 5.74) is 7.28. The molecule has 4 rings (SSSR count). The molecule has 0 amide bonds. The zero-order valence-corrected chi connectivity index (χ0v) is 20.8. The average Bonchev–Trinajstić information content (AvgIpc) is 3.38. The van der Waals surface area contributed by atoms with Gasteiger partial charge in [0.2, 0.25) is 5.96 Å². The van der Waals surface area contributed by atoms with Gasteiger partial charge in [-0.2, -0.15) is 5.10 Å². The summed E-state index contributed by atoms with van der Waals surface area (Å²) in [6.07, 6.45) is 8.29. The summed E-state index contributed by atoms with van der Waals surface area (Å²) in [6, 6.07) is 2.51. The summed E-state index contributed by atoms with van der Waals surface area (Å²) in [5.74, 6) is 0.781.